The molecule has 0 spiro atoms. The van der Waals surface area contributed by atoms with Crippen LogP contribution in [0.25, 0.3) is 0 Å². The molecule has 1 aromatic rings. The minimum absolute atomic E-state index is 0.119. The standard InChI is InChI=1S/C11H13BrClNO4/c1-11(2,15)3-4-18-10-8(12)5-7(13)6-9(10)14(16)17/h5-6,15H,3-4H2,1-2H3. The highest BCUT2D eigenvalue weighted by Gasteiger charge is 2.21. The second kappa shape index (κ2) is 5.86. The van der Waals surface area contributed by atoms with Gasteiger partial charge in [-0.2, -0.15) is 0 Å². The lowest BCUT2D eigenvalue weighted by Crippen LogP contribution is -2.22. The molecule has 5 nitrogen and oxygen atoms in total. The SMILES string of the molecule is CC(C)(O)CCOc1c(Br)cc(Cl)cc1[N+](=O)[O-]. The van der Waals surface area contributed by atoms with E-state index in [1.165, 1.54) is 12.1 Å². The van der Waals surface area contributed by atoms with Crippen LogP contribution in [-0.2, 0) is 0 Å². The first-order chi connectivity index (χ1) is 8.20. The highest BCUT2D eigenvalue weighted by Crippen LogP contribution is 2.38. The lowest BCUT2D eigenvalue weighted by molar-refractivity contribution is -0.386. The molecule has 0 amide bonds. The van der Waals surface area contributed by atoms with Gasteiger partial charge in [0.1, 0.15) is 0 Å². The molecule has 0 heterocycles. The fourth-order valence-corrected chi connectivity index (χ4v) is 2.14. The number of hydrogen-bond acceptors (Lipinski definition) is 4. The zero-order valence-corrected chi connectivity index (χ0v) is 12.3. The monoisotopic (exact) mass is 337 g/mol. The minimum atomic E-state index is -0.881. The molecule has 0 fully saturated rings. The van der Waals surface area contributed by atoms with Crippen LogP contribution >= 0.6 is 27.5 Å². The molecule has 1 N–H and O–H groups in total. The Balaban J connectivity index is 2.91. The van der Waals surface area contributed by atoms with Gasteiger partial charge in [-0.3, -0.25) is 10.1 Å². The molecule has 0 radical (unpaired) electrons. The fourth-order valence-electron chi connectivity index (χ4n) is 1.23. The van der Waals surface area contributed by atoms with Gasteiger partial charge < -0.3 is 9.84 Å². The summed E-state index contributed by atoms with van der Waals surface area (Å²) in [6.45, 7) is 3.45. The molecule has 7 heteroatoms. The molecule has 1 aromatic carbocycles. The third-order valence-corrected chi connectivity index (χ3v) is 2.95. The van der Waals surface area contributed by atoms with E-state index in [9.17, 15) is 15.2 Å². The predicted molar refractivity (Wildman–Crippen MR) is 72.2 cm³/mol. The summed E-state index contributed by atoms with van der Waals surface area (Å²) in [5.74, 6) is 0.119. The van der Waals surface area contributed by atoms with Crippen molar-refractivity contribution in [2.75, 3.05) is 6.61 Å². The van der Waals surface area contributed by atoms with E-state index in [0.29, 0.717) is 10.9 Å². The zero-order chi connectivity index (χ0) is 13.9. The maximum atomic E-state index is 10.9. The molecule has 0 aliphatic carbocycles. The van der Waals surface area contributed by atoms with Crippen LogP contribution in [0.2, 0.25) is 5.02 Å². The van der Waals surface area contributed by atoms with Crippen LogP contribution < -0.4 is 4.74 Å². The van der Waals surface area contributed by atoms with E-state index in [-0.39, 0.29) is 23.1 Å². The number of nitro groups is 1. The molecule has 0 saturated carbocycles. The van der Waals surface area contributed by atoms with Gasteiger partial charge in [0.15, 0.2) is 0 Å². The van der Waals surface area contributed by atoms with Crippen molar-refractivity contribution in [1.82, 2.24) is 0 Å². The van der Waals surface area contributed by atoms with Gasteiger partial charge in [0.05, 0.1) is 21.6 Å². The van der Waals surface area contributed by atoms with Gasteiger partial charge in [-0.25, -0.2) is 0 Å². The lowest BCUT2D eigenvalue weighted by Gasteiger charge is -2.17. The quantitative estimate of drug-likeness (QED) is 0.658. The number of halogens is 2. The van der Waals surface area contributed by atoms with Crippen molar-refractivity contribution in [3.8, 4) is 5.75 Å². The summed E-state index contributed by atoms with van der Waals surface area (Å²) in [4.78, 5) is 10.3. The Kier molecular flexibility index (Phi) is 4.95. The smallest absolute Gasteiger partial charge is 0.313 e. The first-order valence-electron chi connectivity index (χ1n) is 5.19. The predicted octanol–water partition coefficient (Wildman–Crippen LogP) is 3.55. The molecule has 1 rings (SSSR count). The number of benzene rings is 1. The van der Waals surface area contributed by atoms with Crippen LogP contribution in [0.1, 0.15) is 20.3 Å². The number of nitrogens with zero attached hydrogens (tertiary/aromatic N) is 1. The van der Waals surface area contributed by atoms with Crippen LogP contribution in [0, 0.1) is 10.1 Å². The topological polar surface area (TPSA) is 72.6 Å². The van der Waals surface area contributed by atoms with Crippen molar-refractivity contribution in [3.05, 3.63) is 31.7 Å². The van der Waals surface area contributed by atoms with Crippen molar-refractivity contribution < 1.29 is 14.8 Å². The van der Waals surface area contributed by atoms with Gasteiger partial charge in [0.2, 0.25) is 5.75 Å². The summed E-state index contributed by atoms with van der Waals surface area (Å²) in [5.41, 5.74) is -1.08. The Hall–Kier alpha value is -0.850. The van der Waals surface area contributed by atoms with Gasteiger partial charge in [-0.15, -0.1) is 0 Å². The highest BCUT2D eigenvalue weighted by atomic mass is 79.9. The second-order valence-electron chi connectivity index (χ2n) is 4.40. The molecular weight excluding hydrogens is 325 g/mol. The number of ether oxygens (including phenoxy) is 1. The number of rotatable bonds is 5. The average molecular weight is 339 g/mol. The summed E-state index contributed by atoms with van der Waals surface area (Å²) in [6.07, 6.45) is 0.360. The number of hydrogen-bond donors (Lipinski definition) is 1. The Morgan fingerprint density at radius 2 is 2.17 bits per heavy atom. The van der Waals surface area contributed by atoms with E-state index in [2.05, 4.69) is 15.9 Å². The summed E-state index contributed by atoms with van der Waals surface area (Å²) in [6, 6.07) is 2.75. The van der Waals surface area contributed by atoms with Crippen LogP contribution in [0.4, 0.5) is 5.69 Å². The highest BCUT2D eigenvalue weighted by molar-refractivity contribution is 9.10. The van der Waals surface area contributed by atoms with E-state index in [0.717, 1.165) is 0 Å². The van der Waals surface area contributed by atoms with Crippen molar-refractivity contribution in [3.63, 3.8) is 0 Å². The van der Waals surface area contributed by atoms with Crippen LogP contribution in [0.5, 0.6) is 5.75 Å². The molecule has 0 bridgehead atoms. The van der Waals surface area contributed by atoms with Crippen LogP contribution in [0.15, 0.2) is 16.6 Å². The normalized spacial score (nSPS) is 11.4. The van der Waals surface area contributed by atoms with Crippen LogP contribution in [0.3, 0.4) is 0 Å². The maximum Gasteiger partial charge on any atom is 0.313 e. The third kappa shape index (κ3) is 4.44. The first kappa shape index (κ1) is 15.2. The molecule has 100 valence electrons. The van der Waals surface area contributed by atoms with Gasteiger partial charge >= 0.3 is 5.69 Å². The van der Waals surface area contributed by atoms with Crippen molar-refractivity contribution in [1.29, 1.82) is 0 Å². The third-order valence-electron chi connectivity index (χ3n) is 2.15. The van der Waals surface area contributed by atoms with Gasteiger partial charge in [-0.05, 0) is 35.8 Å². The molecule has 0 saturated heterocycles. The summed E-state index contributed by atoms with van der Waals surface area (Å²) >= 11 is 8.91. The maximum absolute atomic E-state index is 10.9. The summed E-state index contributed by atoms with van der Waals surface area (Å²) in [7, 11) is 0. The Bertz CT molecular complexity index is 459. The van der Waals surface area contributed by atoms with E-state index in [4.69, 9.17) is 16.3 Å². The van der Waals surface area contributed by atoms with E-state index in [1.807, 2.05) is 0 Å². The molecule has 18 heavy (non-hydrogen) atoms. The van der Waals surface area contributed by atoms with Crippen LogP contribution in [-0.4, -0.2) is 22.2 Å². The van der Waals surface area contributed by atoms with Gasteiger partial charge in [-0.1, -0.05) is 11.6 Å². The summed E-state index contributed by atoms with van der Waals surface area (Å²) < 4.78 is 5.77. The first-order valence-corrected chi connectivity index (χ1v) is 6.36. The Labute approximate surface area is 118 Å². The Morgan fingerprint density at radius 3 is 2.67 bits per heavy atom. The minimum Gasteiger partial charge on any atom is -0.486 e. The number of aliphatic hydroxyl groups is 1. The van der Waals surface area contributed by atoms with Gasteiger partial charge in [0.25, 0.3) is 0 Å². The van der Waals surface area contributed by atoms with E-state index < -0.39 is 10.5 Å². The zero-order valence-electron chi connectivity index (χ0n) is 9.94. The van der Waals surface area contributed by atoms with E-state index >= 15 is 0 Å². The Morgan fingerprint density at radius 1 is 1.56 bits per heavy atom. The number of nitro benzene ring substituents is 1. The van der Waals surface area contributed by atoms with E-state index in [1.54, 1.807) is 13.8 Å². The van der Waals surface area contributed by atoms with Crippen molar-refractivity contribution in [2.45, 2.75) is 25.9 Å². The van der Waals surface area contributed by atoms with Crippen molar-refractivity contribution in [2.24, 2.45) is 0 Å². The van der Waals surface area contributed by atoms with Crippen molar-refractivity contribution >= 4 is 33.2 Å². The molecule has 0 aliphatic heterocycles. The summed E-state index contributed by atoms with van der Waals surface area (Å²) in [5, 5.41) is 20.7. The molecule has 0 unspecified atom stereocenters. The fraction of sp³-hybridized carbons (Fsp3) is 0.455. The second-order valence-corrected chi connectivity index (χ2v) is 5.69. The average Bonchev–Trinajstić information content (AvgIpc) is 2.18. The molecular formula is C11H13BrClNO4. The molecule has 0 aliphatic rings. The van der Waals surface area contributed by atoms with Gasteiger partial charge in [0, 0.05) is 17.5 Å². The largest absolute Gasteiger partial charge is 0.486 e. The molecule has 0 aromatic heterocycles. The molecule has 0 atom stereocenters. The lowest BCUT2D eigenvalue weighted by atomic mass is 10.1.